The highest BCUT2D eigenvalue weighted by Gasteiger charge is 2.07. The minimum absolute atomic E-state index is 0.0727. The Morgan fingerprint density at radius 3 is 2.83 bits per heavy atom. The molecule has 0 atom stereocenters. The van der Waals surface area contributed by atoms with E-state index in [-0.39, 0.29) is 6.42 Å². The van der Waals surface area contributed by atoms with Crippen LogP contribution in [0.3, 0.4) is 0 Å². The molecular weight excluding hydrogens is 242 g/mol. The number of carboxylic acids is 1. The van der Waals surface area contributed by atoms with Gasteiger partial charge < -0.3 is 10.8 Å². The Balaban J connectivity index is 2.82. The summed E-state index contributed by atoms with van der Waals surface area (Å²) in [7, 11) is 0. The van der Waals surface area contributed by atoms with Crippen molar-refractivity contribution in [3.63, 3.8) is 0 Å². The standard InChI is InChI=1S/C7H8BrNO2S/c8-7-4(3-9)1-5(12-7)2-6(10)11/h1H,2-3,9H2,(H,10,11). The van der Waals surface area contributed by atoms with Crippen LogP contribution < -0.4 is 5.73 Å². The highest BCUT2D eigenvalue weighted by molar-refractivity contribution is 9.11. The zero-order chi connectivity index (χ0) is 9.14. The number of halogens is 1. The largest absolute Gasteiger partial charge is 0.481 e. The van der Waals surface area contributed by atoms with Crippen LogP contribution in [0.25, 0.3) is 0 Å². The normalized spacial score (nSPS) is 10.2. The fourth-order valence-corrected chi connectivity index (χ4v) is 2.64. The van der Waals surface area contributed by atoms with Gasteiger partial charge in [0, 0.05) is 11.4 Å². The first-order valence-corrected chi connectivity index (χ1v) is 4.93. The van der Waals surface area contributed by atoms with E-state index in [1.807, 2.05) is 6.07 Å². The van der Waals surface area contributed by atoms with Crippen LogP contribution in [0.15, 0.2) is 9.85 Å². The maximum atomic E-state index is 10.3. The zero-order valence-corrected chi connectivity index (χ0v) is 8.61. The van der Waals surface area contributed by atoms with Crippen LogP contribution in [-0.2, 0) is 17.8 Å². The first-order chi connectivity index (χ1) is 5.63. The molecule has 0 radical (unpaired) electrons. The van der Waals surface area contributed by atoms with Crippen molar-refractivity contribution in [2.24, 2.45) is 5.73 Å². The highest BCUT2D eigenvalue weighted by atomic mass is 79.9. The zero-order valence-electron chi connectivity index (χ0n) is 6.21. The third-order valence-electron chi connectivity index (χ3n) is 1.35. The molecule has 3 N–H and O–H groups in total. The predicted octanol–water partition coefficient (Wildman–Crippen LogP) is 1.60. The Labute approximate surface area is 82.3 Å². The van der Waals surface area contributed by atoms with E-state index in [0.29, 0.717) is 6.54 Å². The number of aliphatic carboxylic acids is 1. The topological polar surface area (TPSA) is 63.3 Å². The van der Waals surface area contributed by atoms with Crippen molar-refractivity contribution in [3.05, 3.63) is 20.3 Å². The lowest BCUT2D eigenvalue weighted by Gasteiger charge is -1.87. The summed E-state index contributed by atoms with van der Waals surface area (Å²) < 4.78 is 0.932. The quantitative estimate of drug-likeness (QED) is 0.856. The van der Waals surface area contributed by atoms with Crippen LogP contribution >= 0.6 is 27.3 Å². The van der Waals surface area contributed by atoms with Gasteiger partial charge in [-0.25, -0.2) is 0 Å². The fraction of sp³-hybridized carbons (Fsp3) is 0.286. The van der Waals surface area contributed by atoms with E-state index in [1.165, 1.54) is 11.3 Å². The van der Waals surface area contributed by atoms with Gasteiger partial charge in [-0.05, 0) is 27.6 Å². The summed E-state index contributed by atoms with van der Waals surface area (Å²) in [4.78, 5) is 11.2. The Morgan fingerprint density at radius 1 is 1.75 bits per heavy atom. The summed E-state index contributed by atoms with van der Waals surface area (Å²) >= 11 is 4.74. The number of rotatable bonds is 3. The molecule has 0 fully saturated rings. The van der Waals surface area contributed by atoms with Crippen LogP contribution in [0, 0.1) is 0 Å². The number of carboxylic acid groups (broad SMARTS) is 1. The third-order valence-corrected chi connectivity index (χ3v) is 3.31. The molecule has 0 saturated carbocycles. The van der Waals surface area contributed by atoms with E-state index in [4.69, 9.17) is 10.8 Å². The smallest absolute Gasteiger partial charge is 0.308 e. The molecule has 1 rings (SSSR count). The molecule has 0 aliphatic carbocycles. The van der Waals surface area contributed by atoms with Gasteiger partial charge in [0.05, 0.1) is 10.2 Å². The second-order valence-corrected chi connectivity index (χ2v) is 4.74. The van der Waals surface area contributed by atoms with Crippen molar-refractivity contribution in [1.29, 1.82) is 0 Å². The van der Waals surface area contributed by atoms with Crippen molar-refractivity contribution in [2.75, 3.05) is 0 Å². The van der Waals surface area contributed by atoms with E-state index < -0.39 is 5.97 Å². The summed E-state index contributed by atoms with van der Waals surface area (Å²) in [6.45, 7) is 0.441. The Morgan fingerprint density at radius 2 is 2.42 bits per heavy atom. The van der Waals surface area contributed by atoms with Gasteiger partial charge in [-0.15, -0.1) is 11.3 Å². The minimum atomic E-state index is -0.813. The minimum Gasteiger partial charge on any atom is -0.481 e. The van der Waals surface area contributed by atoms with Gasteiger partial charge >= 0.3 is 5.97 Å². The molecule has 0 unspecified atom stereocenters. The fourth-order valence-electron chi connectivity index (χ4n) is 0.837. The monoisotopic (exact) mass is 249 g/mol. The maximum Gasteiger partial charge on any atom is 0.308 e. The Bertz CT molecular complexity index is 298. The van der Waals surface area contributed by atoms with Gasteiger partial charge in [0.25, 0.3) is 0 Å². The molecule has 1 aromatic rings. The van der Waals surface area contributed by atoms with Crippen molar-refractivity contribution >= 4 is 33.2 Å². The van der Waals surface area contributed by atoms with Crippen molar-refractivity contribution in [3.8, 4) is 0 Å². The van der Waals surface area contributed by atoms with E-state index in [2.05, 4.69) is 15.9 Å². The first-order valence-electron chi connectivity index (χ1n) is 3.32. The van der Waals surface area contributed by atoms with Gasteiger partial charge in [0.15, 0.2) is 0 Å². The number of carbonyl (C=O) groups is 1. The summed E-state index contributed by atoms with van der Waals surface area (Å²) in [6.07, 6.45) is 0.0727. The lowest BCUT2D eigenvalue weighted by Crippen LogP contribution is -1.98. The van der Waals surface area contributed by atoms with Crippen LogP contribution in [-0.4, -0.2) is 11.1 Å². The molecular formula is C7H8BrNO2S. The van der Waals surface area contributed by atoms with Crippen molar-refractivity contribution in [2.45, 2.75) is 13.0 Å². The molecule has 1 aromatic heterocycles. The molecule has 66 valence electrons. The number of hydrogen-bond acceptors (Lipinski definition) is 3. The van der Waals surface area contributed by atoms with Gasteiger partial charge in [-0.2, -0.15) is 0 Å². The summed E-state index contributed by atoms with van der Waals surface area (Å²) in [5, 5.41) is 8.50. The van der Waals surface area contributed by atoms with Crippen LogP contribution in [0.1, 0.15) is 10.4 Å². The van der Waals surface area contributed by atoms with Crippen LogP contribution in [0.5, 0.6) is 0 Å². The summed E-state index contributed by atoms with van der Waals surface area (Å²) in [5.41, 5.74) is 6.39. The lowest BCUT2D eigenvalue weighted by atomic mass is 10.3. The molecule has 0 aliphatic heterocycles. The average Bonchev–Trinajstić information content (AvgIpc) is 2.29. The van der Waals surface area contributed by atoms with E-state index in [9.17, 15) is 4.79 Å². The Kier molecular flexibility index (Phi) is 3.25. The lowest BCUT2D eigenvalue weighted by molar-refractivity contribution is -0.136. The molecule has 12 heavy (non-hydrogen) atoms. The molecule has 0 spiro atoms. The molecule has 3 nitrogen and oxygen atoms in total. The first kappa shape index (κ1) is 9.70. The molecule has 1 heterocycles. The number of thiophene rings is 1. The third kappa shape index (κ3) is 2.30. The van der Waals surface area contributed by atoms with Gasteiger partial charge in [0.1, 0.15) is 0 Å². The predicted molar refractivity (Wildman–Crippen MR) is 51.3 cm³/mol. The molecule has 0 saturated heterocycles. The van der Waals surface area contributed by atoms with E-state index >= 15 is 0 Å². The van der Waals surface area contributed by atoms with Gasteiger partial charge in [0.2, 0.25) is 0 Å². The van der Waals surface area contributed by atoms with Crippen LogP contribution in [0.4, 0.5) is 0 Å². The van der Waals surface area contributed by atoms with Crippen molar-refractivity contribution in [1.82, 2.24) is 0 Å². The number of hydrogen-bond donors (Lipinski definition) is 2. The summed E-state index contributed by atoms with van der Waals surface area (Å²) in [5.74, 6) is -0.813. The highest BCUT2D eigenvalue weighted by Crippen LogP contribution is 2.27. The van der Waals surface area contributed by atoms with Gasteiger partial charge in [-0.1, -0.05) is 0 Å². The SMILES string of the molecule is NCc1cc(CC(=O)O)sc1Br. The van der Waals surface area contributed by atoms with Crippen LogP contribution in [0.2, 0.25) is 0 Å². The van der Waals surface area contributed by atoms with Gasteiger partial charge in [-0.3, -0.25) is 4.79 Å². The molecule has 0 amide bonds. The molecule has 0 aromatic carbocycles. The van der Waals surface area contributed by atoms with Crippen molar-refractivity contribution < 1.29 is 9.90 Å². The summed E-state index contributed by atoms with van der Waals surface area (Å²) in [6, 6.07) is 1.82. The van der Waals surface area contributed by atoms with E-state index in [1.54, 1.807) is 0 Å². The molecule has 0 aliphatic rings. The maximum absolute atomic E-state index is 10.3. The molecule has 0 bridgehead atoms. The molecule has 5 heteroatoms. The average molecular weight is 250 g/mol. The number of nitrogens with two attached hydrogens (primary N) is 1. The van der Waals surface area contributed by atoms with E-state index in [0.717, 1.165) is 14.2 Å². The Hall–Kier alpha value is -0.390. The second-order valence-electron chi connectivity index (χ2n) is 2.29. The second kappa shape index (κ2) is 4.02.